The number of ether oxygens (including phenoxy) is 1. The third-order valence-electron chi connectivity index (χ3n) is 3.69. The van der Waals surface area contributed by atoms with Gasteiger partial charge in [0.1, 0.15) is 5.75 Å². The molecule has 4 heteroatoms. The largest absolute Gasteiger partial charge is 0.490 e. The van der Waals surface area contributed by atoms with Gasteiger partial charge in [-0.15, -0.1) is 11.3 Å². The van der Waals surface area contributed by atoms with Crippen LogP contribution in [0.5, 0.6) is 5.75 Å². The first-order valence-corrected chi connectivity index (χ1v) is 8.01. The predicted molar refractivity (Wildman–Crippen MR) is 85.4 cm³/mol. The standard InChI is InChI=1S/C16H20N2OS/c17-15-9-10-20-16(15)11-18-12-5-7-14(8-6-12)19-13-3-1-2-4-13/h5-10,13,18H,1-4,11,17H2. The summed E-state index contributed by atoms with van der Waals surface area (Å²) in [6.07, 6.45) is 5.40. The zero-order chi connectivity index (χ0) is 13.8. The van der Waals surface area contributed by atoms with Crippen molar-refractivity contribution >= 4 is 22.7 Å². The molecule has 1 aromatic carbocycles. The van der Waals surface area contributed by atoms with Crippen LogP contribution in [0.15, 0.2) is 35.7 Å². The molecular weight excluding hydrogens is 268 g/mol. The van der Waals surface area contributed by atoms with Crippen LogP contribution in [0.25, 0.3) is 0 Å². The maximum Gasteiger partial charge on any atom is 0.119 e. The molecular formula is C16H20N2OS. The monoisotopic (exact) mass is 288 g/mol. The lowest BCUT2D eigenvalue weighted by atomic mass is 10.2. The van der Waals surface area contributed by atoms with Gasteiger partial charge >= 0.3 is 0 Å². The number of benzene rings is 1. The van der Waals surface area contributed by atoms with Crippen LogP contribution < -0.4 is 15.8 Å². The number of hydrogen-bond donors (Lipinski definition) is 2. The Morgan fingerprint density at radius 3 is 2.55 bits per heavy atom. The fourth-order valence-corrected chi connectivity index (χ4v) is 3.27. The molecule has 3 rings (SSSR count). The number of thiophene rings is 1. The van der Waals surface area contributed by atoms with Crippen molar-refractivity contribution in [2.75, 3.05) is 11.1 Å². The van der Waals surface area contributed by atoms with Gasteiger partial charge in [0, 0.05) is 16.3 Å². The van der Waals surface area contributed by atoms with Crippen molar-refractivity contribution in [1.82, 2.24) is 0 Å². The third-order valence-corrected chi connectivity index (χ3v) is 4.63. The minimum Gasteiger partial charge on any atom is -0.490 e. The Hall–Kier alpha value is -1.68. The van der Waals surface area contributed by atoms with Gasteiger partial charge in [0.2, 0.25) is 0 Å². The summed E-state index contributed by atoms with van der Waals surface area (Å²) in [6, 6.07) is 10.2. The quantitative estimate of drug-likeness (QED) is 0.864. The molecule has 0 spiro atoms. The number of anilines is 2. The van der Waals surface area contributed by atoms with E-state index in [4.69, 9.17) is 10.5 Å². The van der Waals surface area contributed by atoms with Gasteiger partial charge in [-0.1, -0.05) is 0 Å². The smallest absolute Gasteiger partial charge is 0.119 e. The summed E-state index contributed by atoms with van der Waals surface area (Å²) in [7, 11) is 0. The van der Waals surface area contributed by atoms with E-state index in [9.17, 15) is 0 Å². The summed E-state index contributed by atoms with van der Waals surface area (Å²) in [5, 5.41) is 5.40. The van der Waals surface area contributed by atoms with Gasteiger partial charge in [-0.3, -0.25) is 0 Å². The number of nitrogen functional groups attached to an aromatic ring is 1. The fourth-order valence-electron chi connectivity index (χ4n) is 2.53. The van der Waals surface area contributed by atoms with E-state index in [1.54, 1.807) is 11.3 Å². The number of rotatable bonds is 5. The molecule has 0 amide bonds. The number of nitrogens with one attached hydrogen (secondary N) is 1. The van der Waals surface area contributed by atoms with E-state index in [1.165, 1.54) is 30.6 Å². The summed E-state index contributed by atoms with van der Waals surface area (Å²) in [5.41, 5.74) is 7.83. The molecule has 1 aliphatic rings. The highest BCUT2D eigenvalue weighted by molar-refractivity contribution is 7.10. The highest BCUT2D eigenvalue weighted by atomic mass is 32.1. The van der Waals surface area contributed by atoms with E-state index < -0.39 is 0 Å². The highest BCUT2D eigenvalue weighted by Crippen LogP contribution is 2.25. The van der Waals surface area contributed by atoms with Crippen molar-refractivity contribution in [3.63, 3.8) is 0 Å². The van der Waals surface area contributed by atoms with Gasteiger partial charge < -0.3 is 15.8 Å². The lowest BCUT2D eigenvalue weighted by molar-refractivity contribution is 0.210. The minimum absolute atomic E-state index is 0.416. The van der Waals surface area contributed by atoms with Crippen LogP contribution in [0.4, 0.5) is 11.4 Å². The summed E-state index contributed by atoms with van der Waals surface area (Å²) in [5.74, 6) is 0.970. The van der Waals surface area contributed by atoms with Crippen LogP contribution >= 0.6 is 11.3 Å². The van der Waals surface area contributed by atoms with Gasteiger partial charge in [0.05, 0.1) is 12.6 Å². The van der Waals surface area contributed by atoms with Gasteiger partial charge in [-0.25, -0.2) is 0 Å². The molecule has 0 saturated heterocycles. The van der Waals surface area contributed by atoms with E-state index in [0.717, 1.165) is 23.7 Å². The molecule has 1 heterocycles. The lowest BCUT2D eigenvalue weighted by Crippen LogP contribution is -2.10. The predicted octanol–water partition coefficient (Wildman–Crippen LogP) is 4.26. The summed E-state index contributed by atoms with van der Waals surface area (Å²) >= 11 is 1.68. The Labute approximate surface area is 123 Å². The first kappa shape index (κ1) is 13.3. The molecule has 0 radical (unpaired) electrons. The van der Waals surface area contributed by atoms with E-state index in [1.807, 2.05) is 23.6 Å². The molecule has 1 fully saturated rings. The lowest BCUT2D eigenvalue weighted by Gasteiger charge is -2.13. The Morgan fingerprint density at radius 2 is 1.90 bits per heavy atom. The summed E-state index contributed by atoms with van der Waals surface area (Å²) in [6.45, 7) is 0.770. The molecule has 1 aliphatic carbocycles. The first-order valence-electron chi connectivity index (χ1n) is 7.14. The third kappa shape index (κ3) is 3.25. The Bertz CT molecular complexity index is 544. The molecule has 0 unspecified atom stereocenters. The topological polar surface area (TPSA) is 47.3 Å². The van der Waals surface area contributed by atoms with Gasteiger partial charge in [-0.05, 0) is 61.4 Å². The molecule has 1 saturated carbocycles. The maximum absolute atomic E-state index is 5.95. The molecule has 0 atom stereocenters. The number of hydrogen-bond acceptors (Lipinski definition) is 4. The zero-order valence-corrected chi connectivity index (χ0v) is 12.3. The second-order valence-electron chi connectivity index (χ2n) is 5.20. The van der Waals surface area contributed by atoms with E-state index in [-0.39, 0.29) is 0 Å². The van der Waals surface area contributed by atoms with Crippen molar-refractivity contribution in [3.05, 3.63) is 40.6 Å². The Kier molecular flexibility index (Phi) is 4.11. The van der Waals surface area contributed by atoms with Crippen LogP contribution in [0.3, 0.4) is 0 Å². The molecule has 2 aromatic rings. The number of nitrogens with two attached hydrogens (primary N) is 1. The molecule has 20 heavy (non-hydrogen) atoms. The van der Waals surface area contributed by atoms with Crippen LogP contribution in [0.1, 0.15) is 30.6 Å². The molecule has 3 N–H and O–H groups in total. The molecule has 1 aromatic heterocycles. The summed E-state index contributed by atoms with van der Waals surface area (Å²) < 4.78 is 5.95. The first-order chi connectivity index (χ1) is 9.81. The SMILES string of the molecule is Nc1ccsc1CNc1ccc(OC2CCCC2)cc1. The van der Waals surface area contributed by atoms with Crippen molar-refractivity contribution in [2.24, 2.45) is 0 Å². The van der Waals surface area contributed by atoms with Crippen LogP contribution in [-0.4, -0.2) is 6.10 Å². The van der Waals surface area contributed by atoms with Gasteiger partial charge in [0.25, 0.3) is 0 Å². The van der Waals surface area contributed by atoms with Crippen LogP contribution in [-0.2, 0) is 6.54 Å². The minimum atomic E-state index is 0.416. The van der Waals surface area contributed by atoms with Gasteiger partial charge in [0.15, 0.2) is 0 Å². The van der Waals surface area contributed by atoms with Crippen LogP contribution in [0, 0.1) is 0 Å². The molecule has 106 valence electrons. The van der Waals surface area contributed by atoms with Crippen molar-refractivity contribution < 1.29 is 4.74 Å². The van der Waals surface area contributed by atoms with Crippen LogP contribution in [0.2, 0.25) is 0 Å². The van der Waals surface area contributed by atoms with Gasteiger partial charge in [-0.2, -0.15) is 0 Å². The second kappa shape index (κ2) is 6.18. The molecule has 0 aliphatic heterocycles. The van der Waals surface area contributed by atoms with Crippen molar-refractivity contribution in [3.8, 4) is 5.75 Å². The summed E-state index contributed by atoms with van der Waals surface area (Å²) in [4.78, 5) is 1.18. The van der Waals surface area contributed by atoms with E-state index >= 15 is 0 Å². The highest BCUT2D eigenvalue weighted by Gasteiger charge is 2.16. The average Bonchev–Trinajstić information content (AvgIpc) is 3.10. The van der Waals surface area contributed by atoms with Crippen molar-refractivity contribution in [2.45, 2.75) is 38.3 Å². The van der Waals surface area contributed by atoms with Crippen molar-refractivity contribution in [1.29, 1.82) is 0 Å². The average molecular weight is 288 g/mol. The Balaban J connectivity index is 1.54. The molecule has 0 bridgehead atoms. The van der Waals surface area contributed by atoms with E-state index in [0.29, 0.717) is 6.10 Å². The Morgan fingerprint density at radius 1 is 1.15 bits per heavy atom. The normalized spacial score (nSPS) is 15.4. The fraction of sp³-hybridized carbons (Fsp3) is 0.375. The zero-order valence-electron chi connectivity index (χ0n) is 11.5. The van der Waals surface area contributed by atoms with E-state index in [2.05, 4.69) is 17.4 Å². The maximum atomic E-state index is 5.95. The molecule has 3 nitrogen and oxygen atoms in total. The second-order valence-corrected chi connectivity index (χ2v) is 6.20.